The van der Waals surface area contributed by atoms with Crippen molar-refractivity contribution in [2.75, 3.05) is 6.26 Å². The van der Waals surface area contributed by atoms with Gasteiger partial charge in [-0.05, 0) is 72.1 Å². The maximum Gasteiger partial charge on any atom is 0.185 e. The molecule has 4 rings (SSSR count). The summed E-state index contributed by atoms with van der Waals surface area (Å²) in [6, 6.07) is 7.16. The molecule has 2 aromatic heterocycles. The molecular formula is C27H27F3N2O3S. The van der Waals surface area contributed by atoms with Gasteiger partial charge in [0, 0.05) is 25.1 Å². The molecule has 0 aliphatic heterocycles. The number of sulfone groups is 1. The quantitative estimate of drug-likeness (QED) is 0.402. The van der Waals surface area contributed by atoms with Crippen LogP contribution in [0, 0.1) is 29.3 Å². The van der Waals surface area contributed by atoms with E-state index in [1.807, 2.05) is 19.9 Å². The first-order valence-corrected chi connectivity index (χ1v) is 13.7. The maximum absolute atomic E-state index is 14.4. The van der Waals surface area contributed by atoms with Crippen LogP contribution in [0.3, 0.4) is 0 Å². The third kappa shape index (κ3) is 5.21. The summed E-state index contributed by atoms with van der Waals surface area (Å²) >= 11 is 0. The molecule has 1 aliphatic carbocycles. The van der Waals surface area contributed by atoms with Gasteiger partial charge in [0.15, 0.2) is 15.6 Å². The number of Topliss-reactive ketones (excluding diaryl/α,β-unsaturated/α-hetero) is 1. The van der Waals surface area contributed by atoms with Crippen molar-refractivity contribution in [3.63, 3.8) is 0 Å². The number of pyridine rings is 2. The van der Waals surface area contributed by atoms with Gasteiger partial charge in [-0.3, -0.25) is 9.78 Å². The van der Waals surface area contributed by atoms with Gasteiger partial charge in [-0.1, -0.05) is 19.9 Å². The molecule has 0 radical (unpaired) electrons. The summed E-state index contributed by atoms with van der Waals surface area (Å²) in [4.78, 5) is 21.3. The van der Waals surface area contributed by atoms with Gasteiger partial charge in [0.1, 0.15) is 28.8 Å². The highest BCUT2D eigenvalue weighted by Crippen LogP contribution is 2.43. The number of ketones is 1. The molecule has 1 saturated carbocycles. The van der Waals surface area contributed by atoms with Crippen molar-refractivity contribution in [3.8, 4) is 11.3 Å². The topological polar surface area (TPSA) is 77.0 Å². The van der Waals surface area contributed by atoms with Crippen LogP contribution < -0.4 is 0 Å². The van der Waals surface area contributed by atoms with Crippen LogP contribution in [0.5, 0.6) is 0 Å². The number of nitrogens with zero attached hydrogens (tertiary/aromatic N) is 2. The van der Waals surface area contributed by atoms with E-state index in [2.05, 4.69) is 9.97 Å². The Balaban J connectivity index is 1.62. The fourth-order valence-electron chi connectivity index (χ4n) is 5.67. The van der Waals surface area contributed by atoms with Gasteiger partial charge in [0.05, 0.1) is 10.8 Å². The normalized spacial score (nSPS) is 22.4. The van der Waals surface area contributed by atoms with Crippen LogP contribution in [0.2, 0.25) is 0 Å². The van der Waals surface area contributed by atoms with Gasteiger partial charge in [-0.15, -0.1) is 0 Å². The first kappa shape index (κ1) is 26.0. The molecule has 190 valence electrons. The van der Waals surface area contributed by atoms with Crippen LogP contribution in [-0.2, 0) is 16.3 Å². The lowest BCUT2D eigenvalue weighted by Gasteiger charge is -2.38. The van der Waals surface area contributed by atoms with Crippen molar-refractivity contribution in [2.24, 2.45) is 11.8 Å². The predicted octanol–water partition coefficient (Wildman–Crippen LogP) is 5.55. The van der Waals surface area contributed by atoms with Crippen molar-refractivity contribution in [3.05, 3.63) is 83.1 Å². The van der Waals surface area contributed by atoms with Gasteiger partial charge in [0.2, 0.25) is 0 Å². The highest BCUT2D eigenvalue weighted by molar-refractivity contribution is 7.91. The van der Waals surface area contributed by atoms with Crippen molar-refractivity contribution in [1.29, 1.82) is 0 Å². The summed E-state index contributed by atoms with van der Waals surface area (Å²) in [6.07, 6.45) is 5.72. The molecule has 36 heavy (non-hydrogen) atoms. The Hall–Kier alpha value is -3.07. The second kappa shape index (κ2) is 10.1. The van der Waals surface area contributed by atoms with Crippen LogP contribution >= 0.6 is 0 Å². The summed E-state index contributed by atoms with van der Waals surface area (Å²) in [7, 11) is -3.19. The van der Waals surface area contributed by atoms with Crippen LogP contribution in [0.1, 0.15) is 54.2 Å². The van der Waals surface area contributed by atoms with E-state index in [-0.39, 0.29) is 29.9 Å². The molecular weight excluding hydrogens is 489 g/mol. The van der Waals surface area contributed by atoms with Crippen molar-refractivity contribution in [2.45, 2.75) is 44.3 Å². The van der Waals surface area contributed by atoms with Crippen LogP contribution in [-0.4, -0.2) is 35.7 Å². The minimum absolute atomic E-state index is 0.0445. The van der Waals surface area contributed by atoms with E-state index in [1.54, 1.807) is 12.4 Å². The van der Waals surface area contributed by atoms with Gasteiger partial charge >= 0.3 is 0 Å². The number of hydrogen-bond donors (Lipinski definition) is 0. The summed E-state index contributed by atoms with van der Waals surface area (Å²) in [5.74, 6) is -3.41. The lowest BCUT2D eigenvalue weighted by atomic mass is 9.72. The van der Waals surface area contributed by atoms with Crippen LogP contribution in [0.15, 0.2) is 48.8 Å². The van der Waals surface area contributed by atoms with E-state index in [0.29, 0.717) is 18.4 Å². The number of carbonyl (C=O) groups excluding carboxylic acids is 1. The zero-order valence-electron chi connectivity index (χ0n) is 20.2. The smallest absolute Gasteiger partial charge is 0.185 e. The SMILES string of the molecule is C[C@@H]1CC(c2ccncc2CC(=O)c2ccc(F)c(-c3c(F)cccc3F)n2)C[C@H](C)C1S(C)(=O)=O. The molecule has 2 heterocycles. The second-order valence-electron chi connectivity index (χ2n) is 9.72. The maximum atomic E-state index is 14.4. The number of hydrogen-bond acceptors (Lipinski definition) is 5. The van der Waals surface area contributed by atoms with E-state index in [1.165, 1.54) is 12.3 Å². The van der Waals surface area contributed by atoms with Gasteiger partial charge in [-0.2, -0.15) is 0 Å². The molecule has 2 unspecified atom stereocenters. The Kier molecular flexibility index (Phi) is 7.31. The minimum atomic E-state index is -3.19. The Morgan fingerprint density at radius 3 is 2.22 bits per heavy atom. The van der Waals surface area contributed by atoms with E-state index < -0.39 is 49.6 Å². The molecule has 1 fully saturated rings. The average molecular weight is 517 g/mol. The highest BCUT2D eigenvalue weighted by atomic mass is 32.2. The lowest BCUT2D eigenvalue weighted by molar-refractivity contribution is 0.0987. The van der Waals surface area contributed by atoms with Gasteiger partial charge < -0.3 is 0 Å². The zero-order valence-corrected chi connectivity index (χ0v) is 21.0. The third-order valence-electron chi connectivity index (χ3n) is 6.99. The molecule has 5 nitrogen and oxygen atoms in total. The summed E-state index contributed by atoms with van der Waals surface area (Å²) < 4.78 is 67.5. The first-order chi connectivity index (χ1) is 17.0. The van der Waals surface area contributed by atoms with E-state index in [0.717, 1.165) is 29.8 Å². The first-order valence-electron chi connectivity index (χ1n) is 11.7. The van der Waals surface area contributed by atoms with E-state index >= 15 is 0 Å². The van der Waals surface area contributed by atoms with Crippen molar-refractivity contribution < 1.29 is 26.4 Å². The van der Waals surface area contributed by atoms with Crippen LogP contribution in [0.4, 0.5) is 13.2 Å². The summed E-state index contributed by atoms with van der Waals surface area (Å²) in [5, 5.41) is -0.415. The lowest BCUT2D eigenvalue weighted by Crippen LogP contribution is -2.39. The second-order valence-corrected chi connectivity index (χ2v) is 11.9. The van der Waals surface area contributed by atoms with Gasteiger partial charge in [0.25, 0.3) is 0 Å². The number of rotatable bonds is 6. The standard InChI is InChI=1S/C27H27F3N2O3S/c1-15-11-17(12-16(2)27(15)36(3,34)35)19-9-10-31-14-18(19)13-24(33)23-8-7-22(30)26(32-23)25-20(28)5-4-6-21(25)29/h4-10,14-17,27H,11-13H2,1-3H3/t15-,16+,17?,27?. The molecule has 0 spiro atoms. The average Bonchev–Trinajstić information content (AvgIpc) is 2.79. The molecule has 3 aromatic rings. The Bertz CT molecular complexity index is 1380. The highest BCUT2D eigenvalue weighted by Gasteiger charge is 2.40. The molecule has 0 N–H and O–H groups in total. The third-order valence-corrected chi connectivity index (χ3v) is 8.91. The molecule has 4 atom stereocenters. The molecule has 1 aliphatic rings. The zero-order chi connectivity index (χ0) is 26.2. The molecule has 1 aromatic carbocycles. The van der Waals surface area contributed by atoms with Crippen molar-refractivity contribution in [1.82, 2.24) is 9.97 Å². The minimum Gasteiger partial charge on any atom is -0.292 e. The molecule has 0 saturated heterocycles. The summed E-state index contributed by atoms with van der Waals surface area (Å²) in [6.45, 7) is 3.87. The molecule has 0 amide bonds. The Labute approximate surface area is 208 Å². The van der Waals surface area contributed by atoms with Gasteiger partial charge in [-0.25, -0.2) is 26.6 Å². The fourth-order valence-corrected chi connectivity index (χ4v) is 7.58. The summed E-state index contributed by atoms with van der Waals surface area (Å²) in [5.41, 5.74) is 0.259. The fraction of sp³-hybridized carbons (Fsp3) is 0.370. The largest absolute Gasteiger partial charge is 0.292 e. The van der Waals surface area contributed by atoms with E-state index in [9.17, 15) is 26.4 Å². The van der Waals surface area contributed by atoms with E-state index in [4.69, 9.17) is 0 Å². The number of halogens is 3. The predicted molar refractivity (Wildman–Crippen MR) is 131 cm³/mol. The number of aromatic nitrogens is 2. The molecule has 9 heteroatoms. The van der Waals surface area contributed by atoms with Crippen molar-refractivity contribution >= 4 is 15.6 Å². The Morgan fingerprint density at radius 1 is 0.972 bits per heavy atom. The number of carbonyl (C=O) groups is 1. The Morgan fingerprint density at radius 2 is 1.61 bits per heavy atom. The molecule has 0 bridgehead atoms. The number of benzene rings is 1. The monoisotopic (exact) mass is 516 g/mol. The van der Waals surface area contributed by atoms with Crippen LogP contribution in [0.25, 0.3) is 11.3 Å².